The van der Waals surface area contributed by atoms with Crippen LogP contribution < -0.4 is 5.73 Å². The van der Waals surface area contributed by atoms with Gasteiger partial charge in [0.2, 0.25) is 5.91 Å². The Hall–Kier alpha value is -1.31. The standard InChI is InChI=1S/C12H17F3N2O3/c13-12(14,15)5-17(4-8(18)19)11(20)9-6-1-2-7(3-6)10(9)16/h6-7,9-10H,1-5,16H2,(H,18,19). The number of nitrogens with zero attached hydrogens (tertiary/aromatic N) is 1. The van der Waals surface area contributed by atoms with Crippen LogP contribution in [-0.4, -0.2) is 47.2 Å². The van der Waals surface area contributed by atoms with Gasteiger partial charge >= 0.3 is 12.1 Å². The number of carboxylic acids is 1. The number of hydrogen-bond acceptors (Lipinski definition) is 3. The Bertz CT molecular complexity index is 411. The summed E-state index contributed by atoms with van der Waals surface area (Å²) in [5, 5.41) is 8.68. The minimum absolute atomic E-state index is 0.00738. The van der Waals surface area contributed by atoms with Crippen LogP contribution >= 0.6 is 0 Å². The number of hydrogen-bond donors (Lipinski definition) is 2. The lowest BCUT2D eigenvalue weighted by Gasteiger charge is -2.32. The van der Waals surface area contributed by atoms with Crippen LogP contribution in [0.2, 0.25) is 0 Å². The highest BCUT2D eigenvalue weighted by Crippen LogP contribution is 2.48. The molecular weight excluding hydrogens is 277 g/mol. The van der Waals surface area contributed by atoms with E-state index in [0.29, 0.717) is 4.90 Å². The molecule has 2 aliphatic rings. The summed E-state index contributed by atoms with van der Waals surface area (Å²) in [5.41, 5.74) is 5.92. The van der Waals surface area contributed by atoms with Crippen molar-refractivity contribution in [1.82, 2.24) is 4.90 Å². The average molecular weight is 294 g/mol. The first-order chi connectivity index (χ1) is 9.19. The van der Waals surface area contributed by atoms with E-state index in [9.17, 15) is 22.8 Å². The van der Waals surface area contributed by atoms with Gasteiger partial charge in [0.25, 0.3) is 0 Å². The van der Waals surface area contributed by atoms with E-state index in [2.05, 4.69) is 0 Å². The fourth-order valence-electron chi connectivity index (χ4n) is 3.50. The van der Waals surface area contributed by atoms with Crippen molar-refractivity contribution in [3.63, 3.8) is 0 Å². The molecule has 0 aromatic rings. The van der Waals surface area contributed by atoms with Crippen molar-refractivity contribution in [2.45, 2.75) is 31.5 Å². The molecule has 0 saturated heterocycles. The quantitative estimate of drug-likeness (QED) is 0.804. The summed E-state index contributed by atoms with van der Waals surface area (Å²) in [6, 6.07) is -0.453. The van der Waals surface area contributed by atoms with Gasteiger partial charge in [0.1, 0.15) is 13.1 Å². The minimum atomic E-state index is -4.62. The maximum Gasteiger partial charge on any atom is 0.406 e. The Kier molecular flexibility index (Phi) is 3.95. The number of alkyl halides is 3. The van der Waals surface area contributed by atoms with Gasteiger partial charge in [0.15, 0.2) is 0 Å². The molecular formula is C12H17F3N2O3. The largest absolute Gasteiger partial charge is 0.480 e. The molecule has 4 unspecified atom stereocenters. The first-order valence-electron chi connectivity index (χ1n) is 6.52. The molecule has 1 amide bonds. The van der Waals surface area contributed by atoms with Crippen molar-refractivity contribution in [2.24, 2.45) is 23.5 Å². The molecule has 2 fully saturated rings. The number of carboxylic acid groups (broad SMARTS) is 1. The van der Waals surface area contributed by atoms with E-state index in [1.807, 2.05) is 0 Å². The monoisotopic (exact) mass is 294 g/mol. The number of aliphatic carboxylic acids is 1. The molecule has 0 aromatic carbocycles. The molecule has 0 radical (unpaired) electrons. The zero-order chi connectivity index (χ0) is 15.1. The maximum absolute atomic E-state index is 12.5. The van der Waals surface area contributed by atoms with Crippen LogP contribution in [0.3, 0.4) is 0 Å². The van der Waals surface area contributed by atoms with Gasteiger partial charge in [-0.25, -0.2) is 0 Å². The second-order valence-electron chi connectivity index (χ2n) is 5.64. The summed E-state index contributed by atoms with van der Waals surface area (Å²) in [6.07, 6.45) is -2.19. The molecule has 0 spiro atoms. The average Bonchev–Trinajstić information content (AvgIpc) is 2.85. The second-order valence-corrected chi connectivity index (χ2v) is 5.64. The van der Waals surface area contributed by atoms with Crippen LogP contribution in [0.4, 0.5) is 13.2 Å². The summed E-state index contributed by atoms with van der Waals surface area (Å²) < 4.78 is 37.4. The highest BCUT2D eigenvalue weighted by molar-refractivity contribution is 5.84. The molecule has 0 aliphatic heterocycles. The molecule has 5 nitrogen and oxygen atoms in total. The summed E-state index contributed by atoms with van der Waals surface area (Å²) in [6.45, 7) is -2.49. The zero-order valence-corrected chi connectivity index (χ0v) is 10.8. The van der Waals surface area contributed by atoms with Gasteiger partial charge in [-0.2, -0.15) is 13.2 Å². The van der Waals surface area contributed by atoms with Crippen LogP contribution in [0, 0.1) is 17.8 Å². The van der Waals surface area contributed by atoms with Crippen molar-refractivity contribution < 1.29 is 27.9 Å². The lowest BCUT2D eigenvalue weighted by atomic mass is 9.84. The normalized spacial score (nSPS) is 32.4. The number of carbonyl (C=O) groups is 2. The Balaban J connectivity index is 2.12. The fraction of sp³-hybridized carbons (Fsp3) is 0.833. The third-order valence-corrected chi connectivity index (χ3v) is 4.27. The van der Waals surface area contributed by atoms with Gasteiger partial charge in [-0.1, -0.05) is 0 Å². The molecule has 0 heterocycles. The maximum atomic E-state index is 12.5. The van der Waals surface area contributed by atoms with Crippen molar-refractivity contribution >= 4 is 11.9 Å². The summed E-state index contributed by atoms with van der Waals surface area (Å²) >= 11 is 0. The van der Waals surface area contributed by atoms with Crippen LogP contribution in [0.15, 0.2) is 0 Å². The van der Waals surface area contributed by atoms with Crippen molar-refractivity contribution in [3.05, 3.63) is 0 Å². The van der Waals surface area contributed by atoms with Gasteiger partial charge < -0.3 is 15.7 Å². The highest BCUT2D eigenvalue weighted by atomic mass is 19.4. The van der Waals surface area contributed by atoms with E-state index in [1.165, 1.54) is 0 Å². The number of rotatable bonds is 4. The third kappa shape index (κ3) is 3.05. The molecule has 114 valence electrons. The molecule has 0 aromatic heterocycles. The minimum Gasteiger partial charge on any atom is -0.480 e. The predicted molar refractivity (Wildman–Crippen MR) is 62.6 cm³/mol. The van der Waals surface area contributed by atoms with Crippen LogP contribution in [0.25, 0.3) is 0 Å². The molecule has 3 N–H and O–H groups in total. The zero-order valence-electron chi connectivity index (χ0n) is 10.8. The van der Waals surface area contributed by atoms with Gasteiger partial charge in [0, 0.05) is 6.04 Å². The second kappa shape index (κ2) is 5.23. The summed E-state index contributed by atoms with van der Waals surface area (Å²) in [5.74, 6) is -2.74. The molecule has 4 atom stereocenters. The van der Waals surface area contributed by atoms with Crippen molar-refractivity contribution in [1.29, 1.82) is 0 Å². The molecule has 2 aliphatic carbocycles. The Morgan fingerprint density at radius 2 is 1.85 bits per heavy atom. The highest BCUT2D eigenvalue weighted by Gasteiger charge is 2.51. The molecule has 2 saturated carbocycles. The van der Waals surface area contributed by atoms with Gasteiger partial charge in [0.05, 0.1) is 5.92 Å². The van der Waals surface area contributed by atoms with E-state index < -0.39 is 43.1 Å². The third-order valence-electron chi connectivity index (χ3n) is 4.27. The van der Waals surface area contributed by atoms with Crippen molar-refractivity contribution in [2.75, 3.05) is 13.1 Å². The first-order valence-corrected chi connectivity index (χ1v) is 6.52. The molecule has 2 rings (SSSR count). The van der Waals surface area contributed by atoms with Crippen LogP contribution in [0.1, 0.15) is 19.3 Å². The van der Waals surface area contributed by atoms with Crippen molar-refractivity contribution in [3.8, 4) is 0 Å². The van der Waals surface area contributed by atoms with Gasteiger partial charge in [-0.05, 0) is 31.1 Å². The smallest absolute Gasteiger partial charge is 0.406 e. The molecule has 2 bridgehead atoms. The number of halogens is 3. The fourth-order valence-corrected chi connectivity index (χ4v) is 3.50. The lowest BCUT2D eigenvalue weighted by Crippen LogP contribution is -2.50. The van der Waals surface area contributed by atoms with Gasteiger partial charge in [-0.15, -0.1) is 0 Å². The number of amides is 1. The SMILES string of the molecule is NC1C2CCC(C2)C1C(=O)N(CC(=O)O)CC(F)(F)F. The van der Waals surface area contributed by atoms with E-state index in [-0.39, 0.29) is 11.8 Å². The topological polar surface area (TPSA) is 83.6 Å². The number of nitrogens with two attached hydrogens (primary N) is 1. The van der Waals surface area contributed by atoms with Crippen LogP contribution in [-0.2, 0) is 9.59 Å². The van der Waals surface area contributed by atoms with E-state index in [4.69, 9.17) is 10.8 Å². The first kappa shape index (κ1) is 15.1. The number of carbonyl (C=O) groups excluding carboxylic acids is 1. The summed E-state index contributed by atoms with van der Waals surface area (Å²) in [7, 11) is 0. The van der Waals surface area contributed by atoms with E-state index in [0.717, 1.165) is 19.3 Å². The molecule has 20 heavy (non-hydrogen) atoms. The summed E-state index contributed by atoms with van der Waals surface area (Å²) in [4.78, 5) is 23.3. The molecule has 8 heteroatoms. The Morgan fingerprint density at radius 3 is 2.30 bits per heavy atom. The van der Waals surface area contributed by atoms with E-state index >= 15 is 0 Å². The lowest BCUT2D eigenvalue weighted by molar-refractivity contribution is -0.169. The van der Waals surface area contributed by atoms with Crippen LogP contribution in [0.5, 0.6) is 0 Å². The van der Waals surface area contributed by atoms with Gasteiger partial charge in [-0.3, -0.25) is 9.59 Å². The number of fused-ring (bicyclic) bond motifs is 2. The Morgan fingerprint density at radius 1 is 1.25 bits per heavy atom. The Labute approximate surface area is 113 Å². The predicted octanol–water partition coefficient (Wildman–Crippen LogP) is 0.835. The van der Waals surface area contributed by atoms with E-state index in [1.54, 1.807) is 0 Å².